The van der Waals surface area contributed by atoms with Gasteiger partial charge in [0.05, 0.1) is 10.9 Å². The van der Waals surface area contributed by atoms with E-state index in [0.717, 1.165) is 11.1 Å². The van der Waals surface area contributed by atoms with E-state index in [2.05, 4.69) is 0 Å². The Hall–Kier alpha value is -1.51. The lowest BCUT2D eigenvalue weighted by atomic mass is 9.99. The Labute approximate surface area is 120 Å². The van der Waals surface area contributed by atoms with Crippen LogP contribution in [0.3, 0.4) is 0 Å². The summed E-state index contributed by atoms with van der Waals surface area (Å²) in [6.45, 7) is 0. The molecule has 96 valence electrons. The number of cyclic esters (lactones) is 1. The smallest absolute Gasteiger partial charge is 0.339 e. The van der Waals surface area contributed by atoms with Gasteiger partial charge in [0.15, 0.2) is 0 Å². The Morgan fingerprint density at radius 2 is 1.89 bits per heavy atom. The zero-order chi connectivity index (χ0) is 13.4. The van der Waals surface area contributed by atoms with Gasteiger partial charge in [-0.2, -0.15) is 0 Å². The summed E-state index contributed by atoms with van der Waals surface area (Å²) < 4.78 is 5.37. The molecule has 0 aromatic heterocycles. The van der Waals surface area contributed by atoms with Crippen molar-refractivity contribution in [3.8, 4) is 0 Å². The Balaban J connectivity index is 1.98. The molecule has 0 aliphatic carbocycles. The highest BCUT2D eigenvalue weighted by molar-refractivity contribution is 6.30. The van der Waals surface area contributed by atoms with E-state index in [1.54, 1.807) is 18.2 Å². The van der Waals surface area contributed by atoms with Crippen molar-refractivity contribution >= 4 is 29.2 Å². The van der Waals surface area contributed by atoms with Crippen LogP contribution >= 0.6 is 23.2 Å². The van der Waals surface area contributed by atoms with Crippen LogP contribution in [0.5, 0.6) is 0 Å². The van der Waals surface area contributed by atoms with Crippen molar-refractivity contribution in [3.63, 3.8) is 0 Å². The highest BCUT2D eigenvalue weighted by atomic mass is 35.5. The first kappa shape index (κ1) is 12.5. The van der Waals surface area contributed by atoms with Gasteiger partial charge >= 0.3 is 5.97 Å². The van der Waals surface area contributed by atoms with Crippen molar-refractivity contribution in [2.45, 2.75) is 11.5 Å². The Morgan fingerprint density at radius 1 is 1.11 bits per heavy atom. The summed E-state index contributed by atoms with van der Waals surface area (Å²) in [5.74, 6) is -0.326. The minimum Gasteiger partial charge on any atom is -0.452 e. The number of esters is 1. The van der Waals surface area contributed by atoms with Gasteiger partial charge in [0.25, 0.3) is 0 Å². The van der Waals surface area contributed by atoms with Crippen molar-refractivity contribution in [1.82, 2.24) is 0 Å². The number of ether oxygens (including phenoxy) is 1. The molecule has 0 amide bonds. The largest absolute Gasteiger partial charge is 0.452 e. The molecule has 0 fully saturated rings. The van der Waals surface area contributed by atoms with Crippen LogP contribution in [0, 0.1) is 0 Å². The maximum atomic E-state index is 11.8. The number of fused-ring (bicyclic) bond motifs is 1. The van der Waals surface area contributed by atoms with E-state index in [9.17, 15) is 4.79 Å². The van der Waals surface area contributed by atoms with Crippen LogP contribution in [0.1, 0.15) is 33.0 Å². The molecule has 2 aromatic rings. The Morgan fingerprint density at radius 3 is 2.68 bits per heavy atom. The second-order valence-electron chi connectivity index (χ2n) is 4.37. The number of alkyl halides is 1. The van der Waals surface area contributed by atoms with Crippen molar-refractivity contribution < 1.29 is 9.53 Å². The summed E-state index contributed by atoms with van der Waals surface area (Å²) in [6, 6.07) is 14.6. The molecule has 19 heavy (non-hydrogen) atoms. The average molecular weight is 293 g/mol. The van der Waals surface area contributed by atoms with Gasteiger partial charge in [0.1, 0.15) is 6.10 Å². The predicted molar refractivity (Wildman–Crippen MR) is 74.6 cm³/mol. The summed E-state index contributed by atoms with van der Waals surface area (Å²) >= 11 is 12.4. The molecule has 4 heteroatoms. The summed E-state index contributed by atoms with van der Waals surface area (Å²) in [5, 5.41) is 0.159. The molecule has 1 aliphatic heterocycles. The lowest BCUT2D eigenvalue weighted by Crippen LogP contribution is -2.06. The molecular formula is C15H10Cl2O2. The fraction of sp³-hybridized carbons (Fsp3) is 0.133. The Kier molecular flexibility index (Phi) is 3.21. The fourth-order valence-electron chi connectivity index (χ4n) is 2.24. The van der Waals surface area contributed by atoms with E-state index in [1.807, 2.05) is 30.3 Å². The molecule has 2 nitrogen and oxygen atoms in total. The lowest BCUT2D eigenvalue weighted by Gasteiger charge is -2.17. The standard InChI is InChI=1S/C15H10Cl2O2/c16-10-5-3-4-9(8-10)13(17)14-11-6-1-2-7-12(11)15(18)19-14/h1-8,13-14H. The van der Waals surface area contributed by atoms with Gasteiger partial charge < -0.3 is 4.74 Å². The summed E-state index contributed by atoms with van der Waals surface area (Å²) in [7, 11) is 0. The van der Waals surface area contributed by atoms with E-state index < -0.39 is 11.5 Å². The van der Waals surface area contributed by atoms with E-state index in [1.165, 1.54) is 0 Å². The topological polar surface area (TPSA) is 26.3 Å². The van der Waals surface area contributed by atoms with Gasteiger partial charge in [0.2, 0.25) is 0 Å². The van der Waals surface area contributed by atoms with E-state index in [0.29, 0.717) is 10.6 Å². The fourth-order valence-corrected chi connectivity index (χ4v) is 2.77. The monoisotopic (exact) mass is 292 g/mol. The lowest BCUT2D eigenvalue weighted by molar-refractivity contribution is 0.0376. The van der Waals surface area contributed by atoms with Crippen LogP contribution in [-0.4, -0.2) is 5.97 Å². The number of carbonyl (C=O) groups excluding carboxylic acids is 1. The quantitative estimate of drug-likeness (QED) is 0.600. The minimum atomic E-state index is -0.469. The van der Waals surface area contributed by atoms with Crippen LogP contribution in [0.15, 0.2) is 48.5 Å². The molecule has 0 saturated heterocycles. The second-order valence-corrected chi connectivity index (χ2v) is 5.28. The highest BCUT2D eigenvalue weighted by Gasteiger charge is 2.36. The third-order valence-corrected chi connectivity index (χ3v) is 3.87. The van der Waals surface area contributed by atoms with Gasteiger partial charge in [-0.25, -0.2) is 4.79 Å². The van der Waals surface area contributed by atoms with E-state index >= 15 is 0 Å². The average Bonchev–Trinajstić information content (AvgIpc) is 2.76. The first-order chi connectivity index (χ1) is 9.16. The highest BCUT2D eigenvalue weighted by Crippen LogP contribution is 2.43. The zero-order valence-electron chi connectivity index (χ0n) is 9.85. The first-order valence-electron chi connectivity index (χ1n) is 5.86. The molecule has 0 spiro atoms. The van der Waals surface area contributed by atoms with Gasteiger partial charge in [-0.1, -0.05) is 41.9 Å². The summed E-state index contributed by atoms with van der Waals surface area (Å²) in [5.41, 5.74) is 2.25. The van der Waals surface area contributed by atoms with Crippen molar-refractivity contribution in [2.24, 2.45) is 0 Å². The molecule has 1 heterocycles. The van der Waals surface area contributed by atoms with Gasteiger partial charge in [0, 0.05) is 10.6 Å². The van der Waals surface area contributed by atoms with Gasteiger partial charge in [-0.05, 0) is 23.8 Å². The molecule has 0 N–H and O–H groups in total. The van der Waals surface area contributed by atoms with Crippen LogP contribution in [0.25, 0.3) is 0 Å². The second kappa shape index (κ2) is 4.87. The number of halogens is 2. The molecule has 0 radical (unpaired) electrons. The summed E-state index contributed by atoms with van der Waals surface area (Å²) in [4.78, 5) is 11.8. The van der Waals surface area contributed by atoms with Crippen LogP contribution in [0.2, 0.25) is 5.02 Å². The van der Waals surface area contributed by atoms with Crippen LogP contribution in [-0.2, 0) is 4.74 Å². The van der Waals surface area contributed by atoms with E-state index in [4.69, 9.17) is 27.9 Å². The Bertz CT molecular complexity index is 640. The van der Waals surface area contributed by atoms with Crippen LogP contribution in [0.4, 0.5) is 0 Å². The van der Waals surface area contributed by atoms with Crippen molar-refractivity contribution in [2.75, 3.05) is 0 Å². The molecule has 0 saturated carbocycles. The molecule has 0 bridgehead atoms. The molecule has 2 aromatic carbocycles. The predicted octanol–water partition coefficient (Wildman–Crippen LogP) is 4.53. The molecule has 1 aliphatic rings. The SMILES string of the molecule is O=C1OC(C(Cl)c2cccc(Cl)c2)c2ccccc21. The maximum absolute atomic E-state index is 11.8. The van der Waals surface area contributed by atoms with Gasteiger partial charge in [-0.3, -0.25) is 0 Å². The maximum Gasteiger partial charge on any atom is 0.339 e. The number of hydrogen-bond donors (Lipinski definition) is 0. The number of benzene rings is 2. The molecule has 2 atom stereocenters. The molecule has 3 rings (SSSR count). The first-order valence-corrected chi connectivity index (χ1v) is 6.67. The zero-order valence-corrected chi connectivity index (χ0v) is 11.4. The summed E-state index contributed by atoms with van der Waals surface area (Å²) in [6.07, 6.45) is -0.469. The van der Waals surface area contributed by atoms with Crippen molar-refractivity contribution in [1.29, 1.82) is 0 Å². The van der Waals surface area contributed by atoms with Crippen molar-refractivity contribution in [3.05, 3.63) is 70.2 Å². The number of rotatable bonds is 2. The number of carbonyl (C=O) groups is 1. The van der Waals surface area contributed by atoms with Gasteiger partial charge in [-0.15, -0.1) is 11.6 Å². The van der Waals surface area contributed by atoms with Crippen LogP contribution < -0.4 is 0 Å². The number of hydrogen-bond acceptors (Lipinski definition) is 2. The third-order valence-electron chi connectivity index (χ3n) is 3.15. The molecule has 2 unspecified atom stereocenters. The van der Waals surface area contributed by atoms with E-state index in [-0.39, 0.29) is 5.97 Å². The minimum absolute atomic E-state index is 0.326. The normalized spacial score (nSPS) is 18.8. The third kappa shape index (κ3) is 2.22. The molecular weight excluding hydrogens is 283 g/mol.